The molecule has 0 bridgehead atoms. The monoisotopic (exact) mass is 403 g/mol. The van der Waals surface area contributed by atoms with Crippen LogP contribution in [-0.4, -0.2) is 41.2 Å². The van der Waals surface area contributed by atoms with Crippen molar-refractivity contribution in [1.82, 2.24) is 0 Å². The largest absolute Gasteiger partial charge is 0.486 e. The van der Waals surface area contributed by atoms with Crippen molar-refractivity contribution in [2.45, 2.75) is 24.8 Å². The predicted molar refractivity (Wildman–Crippen MR) is 104 cm³/mol. The number of hydrogen-bond acceptors (Lipinski definition) is 6. The molecule has 7 nitrogen and oxygen atoms in total. The van der Waals surface area contributed by atoms with E-state index in [1.54, 1.807) is 43.3 Å². The Kier molecular flexibility index (Phi) is 6.30. The average molecular weight is 403 g/mol. The SMILES string of the molecule is CC[S@@](=O)c1ccccc1C(=O)O[C@H](C)C(=O)Nc1ccc2c(c1)OCCO2. The number of nitrogens with one attached hydrogen (secondary N) is 1. The van der Waals surface area contributed by atoms with Gasteiger partial charge in [0, 0.05) is 17.5 Å². The van der Waals surface area contributed by atoms with Crippen LogP contribution in [0.5, 0.6) is 11.5 Å². The quantitative estimate of drug-likeness (QED) is 0.746. The molecule has 1 heterocycles. The van der Waals surface area contributed by atoms with Crippen LogP contribution < -0.4 is 14.8 Å². The Morgan fingerprint density at radius 3 is 2.61 bits per heavy atom. The standard InChI is InChI=1S/C20H21NO6S/c1-3-28(24)18-7-5-4-6-15(18)20(23)27-13(2)19(22)21-14-8-9-16-17(12-14)26-11-10-25-16/h4-9,12-13H,3,10-11H2,1-2H3,(H,21,22)/t13-,28-/m1/s1. The van der Waals surface area contributed by atoms with Crippen molar-refractivity contribution >= 4 is 28.4 Å². The van der Waals surface area contributed by atoms with Gasteiger partial charge in [-0.1, -0.05) is 19.1 Å². The normalized spacial score (nSPS) is 14.6. The molecule has 1 N–H and O–H groups in total. The van der Waals surface area contributed by atoms with Crippen LogP contribution in [0.15, 0.2) is 47.4 Å². The van der Waals surface area contributed by atoms with Gasteiger partial charge in [0.2, 0.25) is 0 Å². The van der Waals surface area contributed by atoms with E-state index in [9.17, 15) is 13.8 Å². The second-order valence-corrected chi connectivity index (χ2v) is 7.73. The highest BCUT2D eigenvalue weighted by atomic mass is 32.2. The zero-order valence-electron chi connectivity index (χ0n) is 15.6. The van der Waals surface area contributed by atoms with Crippen molar-refractivity contribution in [1.29, 1.82) is 0 Å². The van der Waals surface area contributed by atoms with Crippen molar-refractivity contribution in [3.05, 3.63) is 48.0 Å². The number of amides is 1. The summed E-state index contributed by atoms with van der Waals surface area (Å²) in [7, 11) is -1.31. The number of carbonyl (C=O) groups is 2. The van der Waals surface area contributed by atoms with Crippen LogP contribution >= 0.6 is 0 Å². The van der Waals surface area contributed by atoms with Crippen LogP contribution in [0.4, 0.5) is 5.69 Å². The smallest absolute Gasteiger partial charge is 0.340 e. The summed E-state index contributed by atoms with van der Waals surface area (Å²) in [5.74, 6) is 0.361. The van der Waals surface area contributed by atoms with E-state index in [1.165, 1.54) is 13.0 Å². The highest BCUT2D eigenvalue weighted by Gasteiger charge is 2.23. The molecule has 1 aliphatic heterocycles. The van der Waals surface area contributed by atoms with Gasteiger partial charge in [-0.15, -0.1) is 0 Å². The minimum atomic E-state index is -1.31. The number of ether oxygens (including phenoxy) is 3. The molecule has 3 rings (SSSR count). The number of anilines is 1. The van der Waals surface area contributed by atoms with Gasteiger partial charge in [-0.3, -0.25) is 9.00 Å². The molecular weight excluding hydrogens is 382 g/mol. The lowest BCUT2D eigenvalue weighted by Gasteiger charge is -2.19. The van der Waals surface area contributed by atoms with Gasteiger partial charge in [-0.05, 0) is 31.2 Å². The Labute approximate surface area is 165 Å². The van der Waals surface area contributed by atoms with E-state index in [0.717, 1.165) is 0 Å². The summed E-state index contributed by atoms with van der Waals surface area (Å²) in [6.45, 7) is 4.17. The summed E-state index contributed by atoms with van der Waals surface area (Å²) < 4.78 is 28.3. The van der Waals surface area contributed by atoms with E-state index in [4.69, 9.17) is 14.2 Å². The fourth-order valence-corrected chi connectivity index (χ4v) is 3.57. The number of fused-ring (bicyclic) bond motifs is 1. The van der Waals surface area contributed by atoms with E-state index in [-0.39, 0.29) is 5.56 Å². The molecule has 0 radical (unpaired) electrons. The first-order valence-corrected chi connectivity index (χ1v) is 10.2. The summed E-state index contributed by atoms with van der Waals surface area (Å²) >= 11 is 0. The Balaban J connectivity index is 1.66. The van der Waals surface area contributed by atoms with Crippen molar-refractivity contribution in [2.24, 2.45) is 0 Å². The van der Waals surface area contributed by atoms with Gasteiger partial charge in [0.15, 0.2) is 17.6 Å². The van der Waals surface area contributed by atoms with Crippen LogP contribution in [0.25, 0.3) is 0 Å². The number of esters is 1. The lowest BCUT2D eigenvalue weighted by Crippen LogP contribution is -2.30. The third kappa shape index (κ3) is 4.51. The molecule has 0 aromatic heterocycles. The van der Waals surface area contributed by atoms with Crippen LogP contribution in [0.3, 0.4) is 0 Å². The molecule has 0 spiro atoms. The van der Waals surface area contributed by atoms with Gasteiger partial charge in [0.1, 0.15) is 13.2 Å². The lowest BCUT2D eigenvalue weighted by molar-refractivity contribution is -0.123. The van der Waals surface area contributed by atoms with Gasteiger partial charge in [-0.2, -0.15) is 0 Å². The van der Waals surface area contributed by atoms with Crippen molar-refractivity contribution in [3.63, 3.8) is 0 Å². The van der Waals surface area contributed by atoms with Crippen LogP contribution in [0, 0.1) is 0 Å². The molecule has 2 aromatic rings. The molecule has 28 heavy (non-hydrogen) atoms. The third-order valence-electron chi connectivity index (χ3n) is 4.08. The molecule has 1 aliphatic rings. The molecule has 8 heteroatoms. The Morgan fingerprint density at radius 2 is 1.86 bits per heavy atom. The van der Waals surface area contributed by atoms with Gasteiger partial charge in [-0.25, -0.2) is 4.79 Å². The maximum absolute atomic E-state index is 12.5. The Hall–Kier alpha value is -2.87. The Morgan fingerprint density at radius 1 is 1.14 bits per heavy atom. The second kappa shape index (κ2) is 8.88. The molecule has 148 valence electrons. The molecule has 0 unspecified atom stereocenters. The summed E-state index contributed by atoms with van der Waals surface area (Å²) in [4.78, 5) is 25.3. The maximum Gasteiger partial charge on any atom is 0.340 e. The molecule has 0 saturated carbocycles. The summed E-state index contributed by atoms with van der Waals surface area (Å²) in [6.07, 6.45) is -1.04. The minimum absolute atomic E-state index is 0.196. The molecule has 0 saturated heterocycles. The van der Waals surface area contributed by atoms with E-state index >= 15 is 0 Å². The number of rotatable bonds is 6. The number of hydrogen-bond donors (Lipinski definition) is 1. The summed E-state index contributed by atoms with van der Waals surface area (Å²) in [5, 5.41) is 2.69. The van der Waals surface area contributed by atoms with Gasteiger partial charge in [0.05, 0.1) is 21.3 Å². The average Bonchev–Trinajstić information content (AvgIpc) is 2.72. The van der Waals surface area contributed by atoms with E-state index in [0.29, 0.717) is 41.0 Å². The van der Waals surface area contributed by atoms with Crippen molar-refractivity contribution < 1.29 is 28.0 Å². The minimum Gasteiger partial charge on any atom is -0.486 e. The molecule has 0 aliphatic carbocycles. The zero-order chi connectivity index (χ0) is 20.1. The lowest BCUT2D eigenvalue weighted by atomic mass is 10.2. The van der Waals surface area contributed by atoms with Crippen LogP contribution in [0.2, 0.25) is 0 Å². The second-order valence-electron chi connectivity index (χ2n) is 6.03. The molecular formula is C20H21NO6S. The topological polar surface area (TPSA) is 90.9 Å². The van der Waals surface area contributed by atoms with Crippen molar-refractivity contribution in [2.75, 3.05) is 24.3 Å². The first-order chi connectivity index (χ1) is 13.5. The van der Waals surface area contributed by atoms with E-state index in [1.807, 2.05) is 0 Å². The first kappa shape index (κ1) is 19.9. The molecule has 2 aromatic carbocycles. The third-order valence-corrected chi connectivity index (χ3v) is 5.45. The highest BCUT2D eigenvalue weighted by molar-refractivity contribution is 7.85. The fraction of sp³-hybridized carbons (Fsp3) is 0.300. The summed E-state index contributed by atoms with van der Waals surface area (Å²) in [5.41, 5.74) is 0.700. The fourth-order valence-electron chi connectivity index (χ4n) is 2.63. The van der Waals surface area contributed by atoms with Crippen LogP contribution in [0.1, 0.15) is 24.2 Å². The van der Waals surface area contributed by atoms with Crippen molar-refractivity contribution in [3.8, 4) is 11.5 Å². The molecule has 2 atom stereocenters. The van der Waals surface area contributed by atoms with Crippen LogP contribution in [-0.2, 0) is 20.3 Å². The summed E-state index contributed by atoms with van der Waals surface area (Å²) in [6, 6.07) is 11.6. The van der Waals surface area contributed by atoms with Gasteiger partial charge >= 0.3 is 5.97 Å². The predicted octanol–water partition coefficient (Wildman–Crippen LogP) is 2.77. The Bertz CT molecular complexity index is 913. The van der Waals surface area contributed by atoms with Gasteiger partial charge < -0.3 is 19.5 Å². The van der Waals surface area contributed by atoms with Gasteiger partial charge in [0.25, 0.3) is 5.91 Å². The van der Waals surface area contributed by atoms with E-state index < -0.39 is 28.8 Å². The maximum atomic E-state index is 12.5. The number of carbonyl (C=O) groups excluding carboxylic acids is 2. The highest BCUT2D eigenvalue weighted by Crippen LogP contribution is 2.32. The molecule has 0 fully saturated rings. The first-order valence-electron chi connectivity index (χ1n) is 8.88. The zero-order valence-corrected chi connectivity index (χ0v) is 16.4. The van der Waals surface area contributed by atoms with E-state index in [2.05, 4.69) is 5.32 Å². The molecule has 1 amide bonds. The number of benzene rings is 2.